The first-order chi connectivity index (χ1) is 8.20. The van der Waals surface area contributed by atoms with E-state index >= 15 is 0 Å². The molecule has 0 saturated carbocycles. The van der Waals surface area contributed by atoms with E-state index in [1.54, 1.807) is 36.4 Å². The van der Waals surface area contributed by atoms with Crippen LogP contribution in [0.4, 0.5) is 0 Å². The van der Waals surface area contributed by atoms with Gasteiger partial charge in [0.15, 0.2) is 5.78 Å². The fourth-order valence-electron chi connectivity index (χ4n) is 1.53. The molecular weight excluding hydrogens is 234 g/mol. The zero-order chi connectivity index (χ0) is 12.3. The van der Waals surface area contributed by atoms with Gasteiger partial charge in [0.05, 0.1) is 5.57 Å². The average Bonchev–Trinajstić information content (AvgIpc) is 2.35. The maximum absolute atomic E-state index is 11.0. The van der Waals surface area contributed by atoms with E-state index in [2.05, 4.69) is 6.07 Å². The summed E-state index contributed by atoms with van der Waals surface area (Å²) >= 11 is 5.79. The van der Waals surface area contributed by atoms with Crippen LogP contribution in [-0.4, -0.2) is 5.78 Å². The number of rotatable bonds is 1. The summed E-state index contributed by atoms with van der Waals surface area (Å²) in [5.41, 5.74) is 2.05. The van der Waals surface area contributed by atoms with Crippen LogP contribution in [0.15, 0.2) is 54.1 Å². The lowest BCUT2D eigenvalue weighted by Crippen LogP contribution is -1.94. The van der Waals surface area contributed by atoms with Gasteiger partial charge in [-0.1, -0.05) is 23.7 Å². The Labute approximate surface area is 104 Å². The number of halogens is 1. The average molecular weight is 242 g/mol. The molecule has 2 nitrogen and oxygen atoms in total. The lowest BCUT2D eigenvalue weighted by molar-refractivity contribution is -0.110. The van der Waals surface area contributed by atoms with E-state index in [0.717, 1.165) is 11.1 Å². The molecule has 0 fully saturated rings. The standard InChI is InChI=1S/C14H8ClNO/c15-12-5-1-10(2-6-12)14(9-16)11-3-7-13(17)8-4-11/h1-8H. The van der Waals surface area contributed by atoms with Gasteiger partial charge in [-0.3, -0.25) is 4.79 Å². The number of nitrogens with zero attached hydrogens (tertiary/aromatic N) is 1. The highest BCUT2D eigenvalue weighted by Crippen LogP contribution is 2.23. The quantitative estimate of drug-likeness (QED) is 0.708. The summed E-state index contributed by atoms with van der Waals surface area (Å²) in [4.78, 5) is 11.0. The fourth-order valence-corrected chi connectivity index (χ4v) is 1.66. The molecule has 1 aromatic rings. The summed E-state index contributed by atoms with van der Waals surface area (Å²) in [5, 5.41) is 9.80. The number of carbonyl (C=O) groups is 1. The molecule has 1 aliphatic rings. The van der Waals surface area contributed by atoms with E-state index < -0.39 is 0 Å². The van der Waals surface area contributed by atoms with Crippen LogP contribution >= 0.6 is 11.6 Å². The summed E-state index contributed by atoms with van der Waals surface area (Å²) in [6.45, 7) is 0. The molecule has 0 saturated heterocycles. The molecule has 0 unspecified atom stereocenters. The van der Waals surface area contributed by atoms with Crippen molar-refractivity contribution in [3.05, 3.63) is 64.7 Å². The van der Waals surface area contributed by atoms with Crippen LogP contribution in [0.3, 0.4) is 0 Å². The normalized spacial score (nSPS) is 13.6. The van der Waals surface area contributed by atoms with E-state index in [1.807, 2.05) is 0 Å². The van der Waals surface area contributed by atoms with Gasteiger partial charge in [0.2, 0.25) is 0 Å². The minimum absolute atomic E-state index is 0.0675. The van der Waals surface area contributed by atoms with Gasteiger partial charge in [-0.25, -0.2) is 0 Å². The van der Waals surface area contributed by atoms with Crippen LogP contribution in [0.1, 0.15) is 5.56 Å². The molecule has 2 rings (SSSR count). The van der Waals surface area contributed by atoms with Crippen molar-refractivity contribution in [3.8, 4) is 6.07 Å². The van der Waals surface area contributed by atoms with Gasteiger partial charge in [0.25, 0.3) is 0 Å². The van der Waals surface area contributed by atoms with Crippen LogP contribution in [0.2, 0.25) is 5.02 Å². The number of hydrogen-bond donors (Lipinski definition) is 0. The number of hydrogen-bond acceptors (Lipinski definition) is 2. The summed E-state index contributed by atoms with van der Waals surface area (Å²) in [6, 6.07) is 9.18. The molecule has 0 radical (unpaired) electrons. The Bertz CT molecular complexity index is 568. The minimum atomic E-state index is -0.0675. The van der Waals surface area contributed by atoms with E-state index in [-0.39, 0.29) is 5.78 Å². The molecule has 0 spiro atoms. The molecule has 0 bridgehead atoms. The first-order valence-electron chi connectivity index (χ1n) is 5.01. The van der Waals surface area contributed by atoms with E-state index in [9.17, 15) is 10.1 Å². The number of ketones is 1. The molecule has 0 atom stereocenters. The van der Waals surface area contributed by atoms with Crippen molar-refractivity contribution in [2.75, 3.05) is 0 Å². The Balaban J connectivity index is 2.48. The molecule has 1 aromatic carbocycles. The fraction of sp³-hybridized carbons (Fsp3) is 0. The van der Waals surface area contributed by atoms with Crippen molar-refractivity contribution in [1.82, 2.24) is 0 Å². The molecule has 0 N–H and O–H groups in total. The highest BCUT2D eigenvalue weighted by atomic mass is 35.5. The van der Waals surface area contributed by atoms with Gasteiger partial charge < -0.3 is 0 Å². The van der Waals surface area contributed by atoms with Crippen LogP contribution in [0.5, 0.6) is 0 Å². The topological polar surface area (TPSA) is 40.9 Å². The molecule has 0 aromatic heterocycles. The molecule has 82 valence electrons. The Kier molecular flexibility index (Phi) is 3.22. The second kappa shape index (κ2) is 4.82. The zero-order valence-electron chi connectivity index (χ0n) is 8.85. The Hall–Kier alpha value is -2.11. The molecular formula is C14H8ClNO. The van der Waals surface area contributed by atoms with Crippen LogP contribution < -0.4 is 0 Å². The van der Waals surface area contributed by atoms with Crippen molar-refractivity contribution < 1.29 is 4.79 Å². The third-order valence-electron chi connectivity index (χ3n) is 2.39. The summed E-state index contributed by atoms with van der Waals surface area (Å²) in [5.74, 6) is -0.0675. The van der Waals surface area contributed by atoms with Crippen molar-refractivity contribution in [1.29, 1.82) is 5.26 Å². The SMILES string of the molecule is N#CC(=C1C=CC(=O)C=C1)c1ccc(Cl)cc1. The Morgan fingerprint density at radius 2 is 1.65 bits per heavy atom. The third kappa shape index (κ3) is 2.52. The first kappa shape index (κ1) is 11.4. The van der Waals surface area contributed by atoms with Gasteiger partial charge >= 0.3 is 0 Å². The van der Waals surface area contributed by atoms with Crippen molar-refractivity contribution in [2.45, 2.75) is 0 Å². The highest BCUT2D eigenvalue weighted by molar-refractivity contribution is 6.30. The molecule has 3 heteroatoms. The van der Waals surface area contributed by atoms with Crippen molar-refractivity contribution in [3.63, 3.8) is 0 Å². The number of nitriles is 1. The number of benzene rings is 1. The second-order valence-electron chi connectivity index (χ2n) is 3.52. The smallest absolute Gasteiger partial charge is 0.178 e. The molecule has 1 aliphatic carbocycles. The lowest BCUT2D eigenvalue weighted by Gasteiger charge is -2.05. The lowest BCUT2D eigenvalue weighted by atomic mass is 9.98. The maximum atomic E-state index is 11.0. The van der Waals surface area contributed by atoms with E-state index in [0.29, 0.717) is 10.6 Å². The Morgan fingerprint density at radius 3 is 2.18 bits per heavy atom. The van der Waals surface area contributed by atoms with Gasteiger partial charge in [0, 0.05) is 5.02 Å². The minimum Gasteiger partial charge on any atom is -0.290 e. The van der Waals surface area contributed by atoms with Crippen LogP contribution in [0, 0.1) is 11.3 Å². The third-order valence-corrected chi connectivity index (χ3v) is 2.64. The van der Waals surface area contributed by atoms with E-state index in [4.69, 9.17) is 11.6 Å². The predicted molar refractivity (Wildman–Crippen MR) is 67.3 cm³/mol. The van der Waals surface area contributed by atoms with Crippen molar-refractivity contribution >= 4 is 23.0 Å². The zero-order valence-corrected chi connectivity index (χ0v) is 9.61. The predicted octanol–water partition coefficient (Wildman–Crippen LogP) is 3.31. The summed E-state index contributed by atoms with van der Waals surface area (Å²) in [6.07, 6.45) is 6.19. The summed E-state index contributed by atoms with van der Waals surface area (Å²) in [7, 11) is 0. The first-order valence-corrected chi connectivity index (χ1v) is 5.39. The number of carbonyl (C=O) groups excluding carboxylic acids is 1. The molecule has 0 aliphatic heterocycles. The van der Waals surface area contributed by atoms with Crippen molar-refractivity contribution in [2.24, 2.45) is 0 Å². The monoisotopic (exact) mass is 241 g/mol. The Morgan fingerprint density at radius 1 is 1.06 bits per heavy atom. The maximum Gasteiger partial charge on any atom is 0.178 e. The second-order valence-corrected chi connectivity index (χ2v) is 3.95. The van der Waals surface area contributed by atoms with Gasteiger partial charge in [0.1, 0.15) is 6.07 Å². The molecule has 17 heavy (non-hydrogen) atoms. The van der Waals surface area contributed by atoms with Gasteiger partial charge in [-0.05, 0) is 47.6 Å². The summed E-state index contributed by atoms with van der Waals surface area (Å²) < 4.78 is 0. The van der Waals surface area contributed by atoms with Crippen LogP contribution in [0.25, 0.3) is 5.57 Å². The van der Waals surface area contributed by atoms with Crippen LogP contribution in [-0.2, 0) is 4.79 Å². The molecule has 0 heterocycles. The van der Waals surface area contributed by atoms with E-state index in [1.165, 1.54) is 12.2 Å². The largest absolute Gasteiger partial charge is 0.290 e. The molecule has 0 amide bonds. The highest BCUT2D eigenvalue weighted by Gasteiger charge is 2.08. The van der Waals surface area contributed by atoms with Gasteiger partial charge in [-0.15, -0.1) is 0 Å². The number of allylic oxidation sites excluding steroid dienone is 6. The van der Waals surface area contributed by atoms with Gasteiger partial charge in [-0.2, -0.15) is 5.26 Å².